The molecular formula is C16H23N3O3. The first kappa shape index (κ1) is 14.2. The molecule has 3 fully saturated rings. The number of aryl methyl sites for hydroxylation is 1. The van der Waals surface area contributed by atoms with E-state index in [1.807, 2.05) is 13.2 Å². The Hall–Kier alpha value is -1.40. The second-order valence-electron chi connectivity index (χ2n) is 6.97. The quantitative estimate of drug-likeness (QED) is 0.872. The van der Waals surface area contributed by atoms with Crippen molar-refractivity contribution in [2.45, 2.75) is 50.2 Å². The van der Waals surface area contributed by atoms with E-state index in [0.29, 0.717) is 31.2 Å². The third-order valence-corrected chi connectivity index (χ3v) is 5.74. The van der Waals surface area contributed by atoms with Crippen molar-refractivity contribution in [1.82, 2.24) is 15.1 Å². The Labute approximate surface area is 129 Å². The minimum Gasteiger partial charge on any atom is -0.392 e. The monoisotopic (exact) mass is 305 g/mol. The number of amides is 1. The average molecular weight is 305 g/mol. The molecule has 0 radical (unpaired) electrons. The molecule has 3 aliphatic rings. The number of carbonyl (C=O) groups is 1. The summed E-state index contributed by atoms with van der Waals surface area (Å²) in [6.45, 7) is 1.34. The molecule has 2 N–H and O–H groups in total. The van der Waals surface area contributed by atoms with E-state index < -0.39 is 0 Å². The number of aliphatic hydroxyl groups is 1. The number of hydrogen-bond donors (Lipinski definition) is 2. The van der Waals surface area contributed by atoms with E-state index in [2.05, 4.69) is 10.4 Å². The molecule has 2 heterocycles. The van der Waals surface area contributed by atoms with Crippen LogP contribution in [0.2, 0.25) is 0 Å². The predicted octanol–water partition coefficient (Wildman–Crippen LogP) is 0.957. The van der Waals surface area contributed by atoms with E-state index in [1.165, 1.54) is 0 Å². The Bertz CT molecular complexity index is 587. The van der Waals surface area contributed by atoms with Crippen molar-refractivity contribution < 1.29 is 14.6 Å². The second-order valence-corrected chi connectivity index (χ2v) is 6.97. The number of carbonyl (C=O) groups excluding carboxylic acids is 1. The zero-order valence-electron chi connectivity index (χ0n) is 12.9. The first-order chi connectivity index (χ1) is 10.6. The van der Waals surface area contributed by atoms with Crippen LogP contribution in [0.3, 0.4) is 0 Å². The van der Waals surface area contributed by atoms with Gasteiger partial charge in [0.1, 0.15) is 5.69 Å². The fourth-order valence-corrected chi connectivity index (χ4v) is 4.05. The zero-order valence-corrected chi connectivity index (χ0v) is 12.9. The molecule has 6 heteroatoms. The standard InChI is InChI=1S/C16H23N3O3/c1-19-14(11(9-17-19)10-2-3-10)15(21)18-12-8-13(20)16(12)4-6-22-7-5-16/h9-10,12-13,20H,2-8H2,1H3,(H,18,21)/t12-,13-/m1/s1. The normalized spacial score (nSPS) is 30.1. The lowest BCUT2D eigenvalue weighted by Crippen LogP contribution is -2.65. The largest absolute Gasteiger partial charge is 0.392 e. The molecule has 0 unspecified atom stereocenters. The van der Waals surface area contributed by atoms with E-state index in [0.717, 1.165) is 31.2 Å². The summed E-state index contributed by atoms with van der Waals surface area (Å²) >= 11 is 0. The minimum absolute atomic E-state index is 0.0425. The van der Waals surface area contributed by atoms with Gasteiger partial charge in [-0.2, -0.15) is 5.10 Å². The molecule has 1 aliphatic heterocycles. The molecular weight excluding hydrogens is 282 g/mol. The van der Waals surface area contributed by atoms with E-state index in [-0.39, 0.29) is 23.5 Å². The highest BCUT2D eigenvalue weighted by Gasteiger charge is 2.55. The van der Waals surface area contributed by atoms with Crippen molar-refractivity contribution in [1.29, 1.82) is 0 Å². The average Bonchev–Trinajstić information content (AvgIpc) is 3.30. The molecule has 22 heavy (non-hydrogen) atoms. The summed E-state index contributed by atoms with van der Waals surface area (Å²) in [5, 5.41) is 17.6. The first-order valence-corrected chi connectivity index (χ1v) is 8.20. The van der Waals surface area contributed by atoms with Gasteiger partial charge in [0.05, 0.1) is 12.3 Å². The van der Waals surface area contributed by atoms with Crippen molar-refractivity contribution >= 4 is 5.91 Å². The molecule has 0 bridgehead atoms. The molecule has 1 amide bonds. The fourth-order valence-electron chi connectivity index (χ4n) is 4.05. The Morgan fingerprint density at radius 2 is 2.18 bits per heavy atom. The van der Waals surface area contributed by atoms with Crippen molar-refractivity contribution in [2.75, 3.05) is 13.2 Å². The van der Waals surface area contributed by atoms with Crippen LogP contribution in [-0.4, -0.2) is 46.2 Å². The summed E-state index contributed by atoms with van der Waals surface area (Å²) in [6, 6.07) is 0.0425. The van der Waals surface area contributed by atoms with Crippen LogP contribution in [0.4, 0.5) is 0 Å². The number of rotatable bonds is 3. The molecule has 2 atom stereocenters. The number of aliphatic hydroxyl groups excluding tert-OH is 1. The van der Waals surface area contributed by atoms with Crippen LogP contribution in [-0.2, 0) is 11.8 Å². The van der Waals surface area contributed by atoms with E-state index in [9.17, 15) is 9.90 Å². The highest BCUT2D eigenvalue weighted by atomic mass is 16.5. The van der Waals surface area contributed by atoms with Gasteiger partial charge in [0.25, 0.3) is 5.91 Å². The lowest BCUT2D eigenvalue weighted by atomic mass is 9.58. The molecule has 1 aromatic heterocycles. The van der Waals surface area contributed by atoms with E-state index in [1.54, 1.807) is 4.68 Å². The molecule has 1 spiro atoms. The van der Waals surface area contributed by atoms with Gasteiger partial charge in [-0.1, -0.05) is 0 Å². The van der Waals surface area contributed by atoms with E-state index >= 15 is 0 Å². The summed E-state index contributed by atoms with van der Waals surface area (Å²) in [5.41, 5.74) is 1.57. The van der Waals surface area contributed by atoms with Gasteiger partial charge in [0, 0.05) is 37.3 Å². The molecule has 2 saturated carbocycles. The lowest BCUT2D eigenvalue weighted by molar-refractivity contribution is -0.145. The van der Waals surface area contributed by atoms with Crippen molar-refractivity contribution in [3.8, 4) is 0 Å². The first-order valence-electron chi connectivity index (χ1n) is 8.20. The summed E-state index contributed by atoms with van der Waals surface area (Å²) in [5.74, 6) is 0.447. The Balaban J connectivity index is 1.51. The Morgan fingerprint density at radius 1 is 1.45 bits per heavy atom. The van der Waals surface area contributed by atoms with Crippen LogP contribution in [0.1, 0.15) is 54.1 Å². The van der Waals surface area contributed by atoms with Crippen LogP contribution in [0.5, 0.6) is 0 Å². The third-order valence-electron chi connectivity index (χ3n) is 5.74. The SMILES string of the molecule is Cn1ncc(C2CC2)c1C(=O)N[C@@H]1C[C@@H](O)C12CCOCC2. The third kappa shape index (κ3) is 2.08. The highest BCUT2D eigenvalue weighted by Crippen LogP contribution is 2.49. The van der Waals surface area contributed by atoms with Gasteiger partial charge in [-0.15, -0.1) is 0 Å². The molecule has 2 aliphatic carbocycles. The Morgan fingerprint density at radius 3 is 2.82 bits per heavy atom. The van der Waals surface area contributed by atoms with E-state index in [4.69, 9.17) is 4.74 Å². The van der Waals surface area contributed by atoms with Gasteiger partial charge >= 0.3 is 0 Å². The minimum atomic E-state index is -0.323. The van der Waals surface area contributed by atoms with Gasteiger partial charge in [0.2, 0.25) is 0 Å². The lowest BCUT2D eigenvalue weighted by Gasteiger charge is -2.55. The molecule has 120 valence electrons. The van der Waals surface area contributed by atoms with Gasteiger partial charge in [-0.3, -0.25) is 9.48 Å². The molecule has 1 aromatic rings. The van der Waals surface area contributed by atoms with Crippen LogP contribution >= 0.6 is 0 Å². The molecule has 6 nitrogen and oxygen atoms in total. The summed E-state index contributed by atoms with van der Waals surface area (Å²) in [6.07, 6.45) is 6.08. The zero-order chi connectivity index (χ0) is 15.3. The van der Waals surface area contributed by atoms with Crippen LogP contribution < -0.4 is 5.32 Å². The maximum absolute atomic E-state index is 12.7. The van der Waals surface area contributed by atoms with Crippen LogP contribution in [0, 0.1) is 5.41 Å². The summed E-state index contributed by atoms with van der Waals surface area (Å²) in [7, 11) is 1.82. The maximum Gasteiger partial charge on any atom is 0.270 e. The van der Waals surface area contributed by atoms with Gasteiger partial charge < -0.3 is 15.2 Å². The maximum atomic E-state index is 12.7. The van der Waals surface area contributed by atoms with Crippen molar-refractivity contribution in [3.05, 3.63) is 17.5 Å². The van der Waals surface area contributed by atoms with Crippen LogP contribution in [0.25, 0.3) is 0 Å². The number of hydrogen-bond acceptors (Lipinski definition) is 4. The smallest absolute Gasteiger partial charge is 0.270 e. The number of nitrogens with one attached hydrogen (secondary N) is 1. The fraction of sp³-hybridized carbons (Fsp3) is 0.750. The van der Waals surface area contributed by atoms with Crippen LogP contribution in [0.15, 0.2) is 6.20 Å². The Kier molecular flexibility index (Phi) is 3.27. The van der Waals surface area contributed by atoms with Crippen molar-refractivity contribution in [3.63, 3.8) is 0 Å². The highest BCUT2D eigenvalue weighted by molar-refractivity contribution is 5.94. The van der Waals surface area contributed by atoms with Gasteiger partial charge in [0.15, 0.2) is 0 Å². The number of aromatic nitrogens is 2. The summed E-state index contributed by atoms with van der Waals surface area (Å²) in [4.78, 5) is 12.7. The topological polar surface area (TPSA) is 76.4 Å². The molecule has 0 aromatic carbocycles. The number of ether oxygens (including phenoxy) is 1. The molecule has 1 saturated heterocycles. The van der Waals surface area contributed by atoms with Crippen molar-refractivity contribution in [2.24, 2.45) is 12.5 Å². The predicted molar refractivity (Wildman–Crippen MR) is 79.5 cm³/mol. The second kappa shape index (κ2) is 5.06. The van der Waals surface area contributed by atoms with Gasteiger partial charge in [-0.25, -0.2) is 0 Å². The van der Waals surface area contributed by atoms with Gasteiger partial charge in [-0.05, 0) is 38.0 Å². The summed E-state index contributed by atoms with van der Waals surface area (Å²) < 4.78 is 7.09. The number of nitrogens with zero attached hydrogens (tertiary/aromatic N) is 2. The molecule has 4 rings (SSSR count).